The van der Waals surface area contributed by atoms with Gasteiger partial charge >= 0.3 is 0 Å². The van der Waals surface area contributed by atoms with Crippen molar-refractivity contribution >= 4 is 18.0 Å². The van der Waals surface area contributed by atoms with Crippen LogP contribution in [-0.4, -0.2) is 30.8 Å². The Morgan fingerprint density at radius 2 is 2.38 bits per heavy atom. The standard InChI is InChI=1S/C5H10ClNO/c1-7(5-8)4-2-3-6/h5H,2-4H2,1H3. The zero-order chi connectivity index (χ0) is 6.41. The third kappa shape index (κ3) is 3.93. The van der Waals surface area contributed by atoms with E-state index in [-0.39, 0.29) is 0 Å². The van der Waals surface area contributed by atoms with Crippen molar-refractivity contribution in [2.45, 2.75) is 6.42 Å². The zero-order valence-electron chi connectivity index (χ0n) is 4.93. The maximum absolute atomic E-state index is 9.89. The van der Waals surface area contributed by atoms with Gasteiger partial charge in [-0.2, -0.15) is 0 Å². The van der Waals surface area contributed by atoms with Crippen LogP contribution in [0.25, 0.3) is 0 Å². The topological polar surface area (TPSA) is 20.3 Å². The van der Waals surface area contributed by atoms with Crippen LogP contribution in [0.3, 0.4) is 0 Å². The van der Waals surface area contributed by atoms with Crippen molar-refractivity contribution in [3.8, 4) is 0 Å². The number of nitrogens with zero attached hydrogens (tertiary/aromatic N) is 1. The van der Waals surface area contributed by atoms with Crippen molar-refractivity contribution in [1.82, 2.24) is 4.90 Å². The molecular formula is C5H10ClNO. The Hall–Kier alpha value is -0.240. The Morgan fingerprint density at radius 3 is 2.75 bits per heavy atom. The molecule has 0 fully saturated rings. The predicted octanol–water partition coefficient (Wildman–Crippen LogP) is 0.703. The molecule has 0 aromatic carbocycles. The first kappa shape index (κ1) is 7.76. The van der Waals surface area contributed by atoms with Gasteiger partial charge in [0.15, 0.2) is 0 Å². The monoisotopic (exact) mass is 135 g/mol. The van der Waals surface area contributed by atoms with Crippen molar-refractivity contribution in [3.63, 3.8) is 0 Å². The van der Waals surface area contributed by atoms with E-state index in [0.717, 1.165) is 19.4 Å². The van der Waals surface area contributed by atoms with E-state index in [1.807, 2.05) is 0 Å². The minimum Gasteiger partial charge on any atom is -0.348 e. The zero-order valence-corrected chi connectivity index (χ0v) is 5.69. The molecule has 0 aromatic rings. The molecule has 0 aliphatic rings. The van der Waals surface area contributed by atoms with Crippen molar-refractivity contribution in [2.24, 2.45) is 0 Å². The summed E-state index contributed by atoms with van der Waals surface area (Å²) < 4.78 is 0. The predicted molar refractivity (Wildman–Crippen MR) is 34.0 cm³/mol. The van der Waals surface area contributed by atoms with E-state index >= 15 is 0 Å². The lowest BCUT2D eigenvalue weighted by molar-refractivity contribution is -0.117. The maximum atomic E-state index is 9.89. The smallest absolute Gasteiger partial charge is 0.209 e. The fourth-order valence-corrected chi connectivity index (χ4v) is 0.481. The molecule has 0 bridgehead atoms. The number of hydrogen-bond donors (Lipinski definition) is 0. The Bertz CT molecular complexity index is 67.4. The number of carbonyl (C=O) groups is 1. The third-order valence-corrected chi connectivity index (χ3v) is 1.09. The summed E-state index contributed by atoms with van der Waals surface area (Å²) in [6, 6.07) is 0. The van der Waals surface area contributed by atoms with E-state index in [0.29, 0.717) is 5.88 Å². The van der Waals surface area contributed by atoms with Gasteiger partial charge in [-0.3, -0.25) is 4.79 Å². The van der Waals surface area contributed by atoms with Gasteiger partial charge < -0.3 is 4.90 Å². The van der Waals surface area contributed by atoms with Gasteiger partial charge in [-0.05, 0) is 6.42 Å². The molecule has 48 valence electrons. The van der Waals surface area contributed by atoms with Crippen LogP contribution in [-0.2, 0) is 4.79 Å². The van der Waals surface area contributed by atoms with Crippen LogP contribution in [0, 0.1) is 0 Å². The van der Waals surface area contributed by atoms with Gasteiger partial charge in [0, 0.05) is 19.5 Å². The molecule has 2 nitrogen and oxygen atoms in total. The van der Waals surface area contributed by atoms with Crippen molar-refractivity contribution in [2.75, 3.05) is 19.5 Å². The van der Waals surface area contributed by atoms with E-state index in [1.54, 1.807) is 11.9 Å². The average molecular weight is 136 g/mol. The Labute approximate surface area is 54.4 Å². The quantitative estimate of drug-likeness (QED) is 0.411. The van der Waals surface area contributed by atoms with Crippen molar-refractivity contribution in [3.05, 3.63) is 0 Å². The van der Waals surface area contributed by atoms with Gasteiger partial charge in [0.05, 0.1) is 0 Å². The molecule has 0 heterocycles. The summed E-state index contributed by atoms with van der Waals surface area (Å²) >= 11 is 5.36. The highest BCUT2D eigenvalue weighted by molar-refractivity contribution is 6.17. The first-order valence-corrected chi connectivity index (χ1v) is 3.06. The molecule has 0 aliphatic carbocycles. The number of halogens is 1. The minimum absolute atomic E-state index is 0.623. The van der Waals surface area contributed by atoms with Crippen LogP contribution in [0.15, 0.2) is 0 Å². The minimum atomic E-state index is 0.623. The molecule has 0 spiro atoms. The first-order chi connectivity index (χ1) is 3.81. The number of rotatable bonds is 4. The number of amides is 1. The third-order valence-electron chi connectivity index (χ3n) is 0.824. The summed E-state index contributed by atoms with van der Waals surface area (Å²) in [6.45, 7) is 0.757. The summed E-state index contributed by atoms with van der Waals surface area (Å²) in [5.41, 5.74) is 0. The van der Waals surface area contributed by atoms with Gasteiger partial charge in [-0.25, -0.2) is 0 Å². The van der Waals surface area contributed by atoms with Crippen LogP contribution in [0.2, 0.25) is 0 Å². The van der Waals surface area contributed by atoms with Crippen LogP contribution < -0.4 is 0 Å². The second-order valence-electron chi connectivity index (χ2n) is 1.63. The molecule has 0 aromatic heterocycles. The van der Waals surface area contributed by atoms with E-state index in [4.69, 9.17) is 11.6 Å². The van der Waals surface area contributed by atoms with Gasteiger partial charge in [0.1, 0.15) is 0 Å². The number of alkyl halides is 1. The van der Waals surface area contributed by atoms with Gasteiger partial charge in [0.2, 0.25) is 6.41 Å². The highest BCUT2D eigenvalue weighted by atomic mass is 35.5. The summed E-state index contributed by atoms with van der Waals surface area (Å²) in [6.07, 6.45) is 1.67. The van der Waals surface area contributed by atoms with Crippen molar-refractivity contribution in [1.29, 1.82) is 0 Å². The molecule has 0 unspecified atom stereocenters. The SMILES string of the molecule is CN(C=O)CCCCl. The van der Waals surface area contributed by atoms with E-state index in [2.05, 4.69) is 0 Å². The maximum Gasteiger partial charge on any atom is 0.209 e. The normalized spacial score (nSPS) is 8.75. The summed E-state index contributed by atoms with van der Waals surface area (Å²) in [4.78, 5) is 11.5. The lowest BCUT2D eigenvalue weighted by atomic mass is 10.5. The summed E-state index contributed by atoms with van der Waals surface area (Å²) in [7, 11) is 1.74. The molecule has 3 heteroatoms. The molecule has 0 rings (SSSR count). The fourth-order valence-electron chi connectivity index (χ4n) is 0.362. The molecule has 8 heavy (non-hydrogen) atoms. The molecule has 0 saturated heterocycles. The average Bonchev–Trinajstić information content (AvgIpc) is 1.83. The van der Waals surface area contributed by atoms with E-state index in [1.165, 1.54) is 0 Å². The Kier molecular flexibility index (Phi) is 4.76. The Balaban J connectivity index is 2.98. The lowest BCUT2D eigenvalue weighted by Crippen LogP contribution is -2.17. The molecule has 0 saturated carbocycles. The van der Waals surface area contributed by atoms with Gasteiger partial charge in [-0.15, -0.1) is 11.6 Å². The highest BCUT2D eigenvalue weighted by Crippen LogP contribution is 1.85. The van der Waals surface area contributed by atoms with Crippen LogP contribution in [0.1, 0.15) is 6.42 Å². The molecule has 1 amide bonds. The van der Waals surface area contributed by atoms with Crippen LogP contribution in [0.4, 0.5) is 0 Å². The molecule has 0 radical (unpaired) electrons. The second kappa shape index (κ2) is 4.91. The van der Waals surface area contributed by atoms with Gasteiger partial charge in [-0.1, -0.05) is 0 Å². The summed E-state index contributed by atoms with van der Waals surface area (Å²) in [5, 5.41) is 0. The van der Waals surface area contributed by atoms with E-state index < -0.39 is 0 Å². The van der Waals surface area contributed by atoms with Crippen LogP contribution in [0.5, 0.6) is 0 Å². The lowest BCUT2D eigenvalue weighted by Gasteiger charge is -2.06. The van der Waals surface area contributed by atoms with E-state index in [9.17, 15) is 4.79 Å². The van der Waals surface area contributed by atoms with Crippen molar-refractivity contribution < 1.29 is 4.79 Å². The largest absolute Gasteiger partial charge is 0.348 e. The molecule has 0 aliphatic heterocycles. The summed E-state index contributed by atoms with van der Waals surface area (Å²) in [5.74, 6) is 0.623. The first-order valence-electron chi connectivity index (χ1n) is 2.52. The second-order valence-corrected chi connectivity index (χ2v) is 2.01. The Morgan fingerprint density at radius 1 is 1.75 bits per heavy atom. The fraction of sp³-hybridized carbons (Fsp3) is 0.800. The highest BCUT2D eigenvalue weighted by Gasteiger charge is 1.88. The van der Waals surface area contributed by atoms with Gasteiger partial charge in [0.25, 0.3) is 0 Å². The molecule has 0 N–H and O–H groups in total. The molecule has 0 atom stereocenters. The molecular weight excluding hydrogens is 126 g/mol. The number of carbonyl (C=O) groups excluding carboxylic acids is 1. The number of hydrogen-bond acceptors (Lipinski definition) is 1. The van der Waals surface area contributed by atoms with Crippen LogP contribution >= 0.6 is 11.6 Å².